The van der Waals surface area contributed by atoms with Crippen LogP contribution in [-0.4, -0.2) is 38.0 Å². The van der Waals surface area contributed by atoms with Crippen molar-refractivity contribution in [3.05, 3.63) is 59.8 Å². The maximum absolute atomic E-state index is 12.5. The normalized spacial score (nSPS) is 12.6. The van der Waals surface area contributed by atoms with Gasteiger partial charge in [0.2, 0.25) is 0 Å². The number of aliphatic hydroxyl groups excluding tert-OH is 1. The van der Waals surface area contributed by atoms with Crippen LogP contribution in [-0.2, 0) is 7.05 Å². The van der Waals surface area contributed by atoms with Gasteiger partial charge in [-0.3, -0.25) is 14.0 Å². The summed E-state index contributed by atoms with van der Waals surface area (Å²) in [5, 5.41) is 18.6. The molecule has 27 heavy (non-hydrogen) atoms. The van der Waals surface area contributed by atoms with Gasteiger partial charge in [-0.05, 0) is 44.2 Å². The molecule has 0 aliphatic carbocycles. The second kappa shape index (κ2) is 6.55. The number of carbonyl (C=O) groups excluding carboxylic acids is 1. The van der Waals surface area contributed by atoms with Crippen molar-refractivity contribution in [1.82, 2.24) is 19.7 Å². The van der Waals surface area contributed by atoms with Gasteiger partial charge in [-0.15, -0.1) is 0 Å². The number of rotatable bonds is 4. The highest BCUT2D eigenvalue weighted by molar-refractivity contribution is 6.10. The van der Waals surface area contributed by atoms with E-state index in [1.807, 2.05) is 31.4 Å². The fourth-order valence-electron chi connectivity index (χ4n) is 3.34. The molecular weight excluding hydrogens is 340 g/mol. The fourth-order valence-corrected chi connectivity index (χ4v) is 3.34. The van der Waals surface area contributed by atoms with Crippen LogP contribution in [0, 0.1) is 6.92 Å². The van der Waals surface area contributed by atoms with Crippen molar-refractivity contribution in [3.8, 4) is 5.69 Å². The summed E-state index contributed by atoms with van der Waals surface area (Å²) in [6, 6.07) is 13.7. The molecule has 2 aromatic carbocycles. The Labute approximate surface area is 157 Å². The zero-order valence-electron chi connectivity index (χ0n) is 15.6. The minimum absolute atomic E-state index is 0.0926. The molecule has 1 amide bonds. The maximum Gasteiger partial charge on any atom is 0.251 e. The van der Waals surface area contributed by atoms with E-state index in [1.54, 1.807) is 11.6 Å². The first-order chi connectivity index (χ1) is 13.0. The highest BCUT2D eigenvalue weighted by Gasteiger charge is 2.17. The molecule has 0 aliphatic heterocycles. The van der Waals surface area contributed by atoms with E-state index in [1.165, 1.54) is 5.56 Å². The van der Waals surface area contributed by atoms with Crippen molar-refractivity contribution in [2.24, 2.45) is 7.05 Å². The first-order valence-corrected chi connectivity index (χ1v) is 8.94. The molecule has 0 fully saturated rings. The number of nitrogens with zero attached hydrogens (tertiary/aromatic N) is 3. The summed E-state index contributed by atoms with van der Waals surface area (Å²) in [5.74, 6) is -0.196. The summed E-state index contributed by atoms with van der Waals surface area (Å²) >= 11 is 0. The summed E-state index contributed by atoms with van der Waals surface area (Å²) in [6.07, 6.45) is 1.97. The van der Waals surface area contributed by atoms with Crippen LogP contribution in [0.4, 0.5) is 0 Å². The number of benzene rings is 2. The van der Waals surface area contributed by atoms with E-state index in [4.69, 9.17) is 5.11 Å². The third-order valence-corrected chi connectivity index (χ3v) is 4.75. The number of hydrogen-bond acceptors (Lipinski definition) is 3. The number of carbonyl (C=O) groups is 1. The highest BCUT2D eigenvalue weighted by atomic mass is 16.3. The van der Waals surface area contributed by atoms with Crippen LogP contribution in [0.5, 0.6) is 0 Å². The van der Waals surface area contributed by atoms with E-state index in [0.29, 0.717) is 5.56 Å². The molecule has 0 saturated heterocycles. The maximum atomic E-state index is 12.5. The molecule has 0 spiro atoms. The first kappa shape index (κ1) is 17.3. The summed E-state index contributed by atoms with van der Waals surface area (Å²) in [5.41, 5.74) is 4.66. The Balaban J connectivity index is 1.91. The predicted octanol–water partition coefficient (Wildman–Crippen LogP) is 2.94. The summed E-state index contributed by atoms with van der Waals surface area (Å²) in [4.78, 5) is 12.5. The van der Waals surface area contributed by atoms with Crippen LogP contribution >= 0.6 is 0 Å². The number of hydrogen-bond donors (Lipinski definition) is 2. The van der Waals surface area contributed by atoms with E-state index in [0.717, 1.165) is 27.6 Å². The molecule has 0 radical (unpaired) electrons. The summed E-state index contributed by atoms with van der Waals surface area (Å²) in [7, 11) is 1.89. The second-order valence-corrected chi connectivity index (χ2v) is 7.00. The van der Waals surface area contributed by atoms with Crippen LogP contribution in [0.1, 0.15) is 22.8 Å². The van der Waals surface area contributed by atoms with Gasteiger partial charge < -0.3 is 10.4 Å². The van der Waals surface area contributed by atoms with Crippen LogP contribution in [0.15, 0.2) is 48.7 Å². The van der Waals surface area contributed by atoms with Crippen LogP contribution in [0.2, 0.25) is 0 Å². The Hall–Kier alpha value is -3.12. The molecule has 0 unspecified atom stereocenters. The monoisotopic (exact) mass is 362 g/mol. The Kier molecular flexibility index (Phi) is 4.20. The molecule has 0 saturated carbocycles. The quantitative estimate of drug-likeness (QED) is 0.586. The second-order valence-electron chi connectivity index (χ2n) is 7.00. The molecule has 2 heterocycles. The number of fused-ring (bicyclic) bond motifs is 3. The van der Waals surface area contributed by atoms with E-state index >= 15 is 0 Å². The van der Waals surface area contributed by atoms with Gasteiger partial charge in [-0.2, -0.15) is 5.10 Å². The number of amides is 1. The minimum atomic E-state index is -0.288. The van der Waals surface area contributed by atoms with Crippen molar-refractivity contribution in [3.63, 3.8) is 0 Å². The van der Waals surface area contributed by atoms with Gasteiger partial charge in [0, 0.05) is 41.3 Å². The number of aryl methyl sites for hydroxylation is 2. The van der Waals surface area contributed by atoms with E-state index in [2.05, 4.69) is 46.2 Å². The van der Waals surface area contributed by atoms with Gasteiger partial charge in [0.05, 0.1) is 12.1 Å². The lowest BCUT2D eigenvalue weighted by Crippen LogP contribution is -2.34. The van der Waals surface area contributed by atoms with Crippen LogP contribution in [0.25, 0.3) is 27.6 Å². The molecule has 6 nitrogen and oxygen atoms in total. The molecule has 4 aromatic rings. The SMILES string of the molecule is Cc1ccc(-n2c3ccc(C(=O)N[C@H](C)CO)cc3c3cn(C)nc32)cc1. The molecule has 4 rings (SSSR count). The first-order valence-electron chi connectivity index (χ1n) is 8.94. The molecule has 138 valence electrons. The van der Waals surface area contributed by atoms with Crippen molar-refractivity contribution >= 4 is 27.8 Å². The number of aromatic nitrogens is 3. The molecule has 2 aromatic heterocycles. The number of nitrogens with one attached hydrogen (secondary N) is 1. The molecule has 6 heteroatoms. The van der Waals surface area contributed by atoms with E-state index < -0.39 is 0 Å². The van der Waals surface area contributed by atoms with Crippen LogP contribution < -0.4 is 5.32 Å². The lowest BCUT2D eigenvalue weighted by atomic mass is 10.1. The van der Waals surface area contributed by atoms with Gasteiger partial charge in [-0.25, -0.2) is 0 Å². The zero-order valence-corrected chi connectivity index (χ0v) is 15.6. The highest BCUT2D eigenvalue weighted by Crippen LogP contribution is 2.32. The fraction of sp³-hybridized carbons (Fsp3) is 0.238. The van der Waals surface area contributed by atoms with Crippen molar-refractivity contribution in [1.29, 1.82) is 0 Å². The molecule has 1 atom stereocenters. The van der Waals surface area contributed by atoms with Gasteiger partial charge in [0.15, 0.2) is 5.65 Å². The zero-order chi connectivity index (χ0) is 19.1. The predicted molar refractivity (Wildman–Crippen MR) is 106 cm³/mol. The van der Waals surface area contributed by atoms with E-state index in [9.17, 15) is 4.79 Å². The van der Waals surface area contributed by atoms with Gasteiger partial charge in [0.25, 0.3) is 5.91 Å². The van der Waals surface area contributed by atoms with Gasteiger partial charge in [0.1, 0.15) is 0 Å². The smallest absolute Gasteiger partial charge is 0.251 e. The topological polar surface area (TPSA) is 72.1 Å². The Morgan fingerprint density at radius 1 is 1.19 bits per heavy atom. The third kappa shape index (κ3) is 2.98. The molecule has 0 bridgehead atoms. The lowest BCUT2D eigenvalue weighted by Gasteiger charge is -2.11. The van der Waals surface area contributed by atoms with E-state index in [-0.39, 0.29) is 18.6 Å². The Morgan fingerprint density at radius 2 is 1.93 bits per heavy atom. The van der Waals surface area contributed by atoms with Crippen LogP contribution in [0.3, 0.4) is 0 Å². The lowest BCUT2D eigenvalue weighted by molar-refractivity contribution is 0.0922. The average molecular weight is 362 g/mol. The number of aliphatic hydroxyl groups is 1. The Morgan fingerprint density at radius 3 is 2.63 bits per heavy atom. The molecule has 2 N–H and O–H groups in total. The average Bonchev–Trinajstić information content (AvgIpc) is 3.17. The largest absolute Gasteiger partial charge is 0.394 e. The van der Waals surface area contributed by atoms with Gasteiger partial charge in [-0.1, -0.05) is 17.7 Å². The summed E-state index contributed by atoms with van der Waals surface area (Å²) in [6.45, 7) is 3.74. The molecule has 0 aliphatic rings. The van der Waals surface area contributed by atoms with Crippen molar-refractivity contribution in [2.75, 3.05) is 6.61 Å². The van der Waals surface area contributed by atoms with Gasteiger partial charge >= 0.3 is 0 Å². The van der Waals surface area contributed by atoms with Crippen molar-refractivity contribution < 1.29 is 9.90 Å². The third-order valence-electron chi connectivity index (χ3n) is 4.75. The van der Waals surface area contributed by atoms with Crippen molar-refractivity contribution in [2.45, 2.75) is 19.9 Å². The standard InChI is InChI=1S/C21H22N4O2/c1-13-4-7-16(8-5-13)25-19-9-6-15(21(27)22-14(2)12-26)10-17(19)18-11-24(3)23-20(18)25/h4-11,14,26H,12H2,1-3H3,(H,22,27)/t14-/m1/s1. The summed E-state index contributed by atoms with van der Waals surface area (Å²) < 4.78 is 3.90. The molecular formula is C21H22N4O2. The minimum Gasteiger partial charge on any atom is -0.394 e. The Bertz CT molecular complexity index is 1140.